The van der Waals surface area contributed by atoms with Gasteiger partial charge in [0.15, 0.2) is 0 Å². The Kier molecular flexibility index (Phi) is 8.47. The van der Waals surface area contributed by atoms with E-state index in [0.29, 0.717) is 18.5 Å². The molecule has 0 aromatic rings. The van der Waals surface area contributed by atoms with Crippen LogP contribution in [-0.4, -0.2) is 25.1 Å². The van der Waals surface area contributed by atoms with Crippen molar-refractivity contribution in [2.75, 3.05) is 7.11 Å². The molecular weight excluding hydrogens is 257 g/mol. The van der Waals surface area contributed by atoms with Crippen LogP contribution < -0.4 is 40.0 Å². The van der Waals surface area contributed by atoms with E-state index in [1.165, 1.54) is 13.2 Å². The second kappa shape index (κ2) is 8.96. The summed E-state index contributed by atoms with van der Waals surface area (Å²) in [4.78, 5) is 22.1. The SMILES string of the molecule is COC(=O)/C=C(\C)NC(C(=O)[O-])C1=CCC=CC1.[Na+]. The van der Waals surface area contributed by atoms with E-state index in [4.69, 9.17) is 0 Å². The van der Waals surface area contributed by atoms with Crippen molar-refractivity contribution in [1.82, 2.24) is 5.32 Å². The van der Waals surface area contributed by atoms with Gasteiger partial charge in [0.2, 0.25) is 0 Å². The van der Waals surface area contributed by atoms with Crippen molar-refractivity contribution in [3.05, 3.63) is 35.6 Å². The summed E-state index contributed by atoms with van der Waals surface area (Å²) in [7, 11) is 1.26. The third kappa shape index (κ3) is 6.09. The number of aliphatic carboxylic acids is 1. The van der Waals surface area contributed by atoms with Gasteiger partial charge in [0.1, 0.15) is 0 Å². The Morgan fingerprint density at radius 3 is 2.63 bits per heavy atom. The van der Waals surface area contributed by atoms with E-state index in [1.54, 1.807) is 6.92 Å². The van der Waals surface area contributed by atoms with E-state index in [0.717, 1.165) is 5.57 Å². The summed E-state index contributed by atoms with van der Waals surface area (Å²) >= 11 is 0. The molecule has 0 saturated carbocycles. The van der Waals surface area contributed by atoms with Crippen LogP contribution in [0.25, 0.3) is 0 Å². The zero-order chi connectivity index (χ0) is 13.5. The fourth-order valence-corrected chi connectivity index (χ4v) is 1.66. The number of rotatable bonds is 5. The van der Waals surface area contributed by atoms with Crippen LogP contribution in [0.15, 0.2) is 35.6 Å². The summed E-state index contributed by atoms with van der Waals surface area (Å²) in [6.45, 7) is 1.60. The van der Waals surface area contributed by atoms with Crippen LogP contribution in [0.4, 0.5) is 0 Å². The number of carbonyl (C=O) groups excluding carboxylic acids is 2. The smallest absolute Gasteiger partial charge is 0.548 e. The fraction of sp³-hybridized carbons (Fsp3) is 0.385. The molecule has 0 fully saturated rings. The summed E-state index contributed by atoms with van der Waals surface area (Å²) in [5.41, 5.74) is 1.15. The van der Waals surface area contributed by atoms with Crippen molar-refractivity contribution in [3.8, 4) is 0 Å². The van der Waals surface area contributed by atoms with Crippen molar-refractivity contribution >= 4 is 11.9 Å². The van der Waals surface area contributed by atoms with Crippen LogP contribution in [0, 0.1) is 0 Å². The van der Waals surface area contributed by atoms with Gasteiger partial charge in [0.25, 0.3) is 0 Å². The number of esters is 1. The molecule has 0 saturated heterocycles. The predicted octanol–water partition coefficient (Wildman–Crippen LogP) is -2.95. The first-order valence-electron chi connectivity index (χ1n) is 5.62. The first-order chi connectivity index (χ1) is 8.54. The van der Waals surface area contributed by atoms with E-state index in [2.05, 4.69) is 10.1 Å². The molecule has 0 aromatic carbocycles. The number of hydrogen-bond acceptors (Lipinski definition) is 5. The number of ether oxygens (including phenoxy) is 1. The molecule has 0 spiro atoms. The molecule has 1 rings (SSSR count). The molecule has 1 N–H and O–H groups in total. The molecule has 6 heteroatoms. The Morgan fingerprint density at radius 1 is 1.47 bits per heavy atom. The molecule has 1 aliphatic carbocycles. The number of carboxylic acid groups (broad SMARTS) is 1. The molecule has 19 heavy (non-hydrogen) atoms. The summed E-state index contributed by atoms with van der Waals surface area (Å²) in [6, 6.07) is -0.921. The monoisotopic (exact) mass is 273 g/mol. The van der Waals surface area contributed by atoms with Gasteiger partial charge in [0.05, 0.1) is 19.1 Å². The molecule has 0 amide bonds. The van der Waals surface area contributed by atoms with Crippen molar-refractivity contribution in [2.45, 2.75) is 25.8 Å². The topological polar surface area (TPSA) is 78.5 Å². The van der Waals surface area contributed by atoms with Crippen molar-refractivity contribution in [3.63, 3.8) is 0 Å². The van der Waals surface area contributed by atoms with E-state index in [9.17, 15) is 14.7 Å². The van der Waals surface area contributed by atoms with Gasteiger partial charge >= 0.3 is 35.5 Å². The minimum Gasteiger partial charge on any atom is -0.548 e. The molecular formula is C13H16NNaO4. The van der Waals surface area contributed by atoms with Crippen molar-refractivity contribution in [2.24, 2.45) is 0 Å². The third-order valence-electron chi connectivity index (χ3n) is 2.55. The van der Waals surface area contributed by atoms with Crippen LogP contribution in [0.5, 0.6) is 0 Å². The molecule has 98 valence electrons. The normalized spacial score (nSPS) is 15.9. The van der Waals surface area contributed by atoms with Gasteiger partial charge in [-0.25, -0.2) is 4.79 Å². The summed E-state index contributed by atoms with van der Waals surface area (Å²) < 4.78 is 4.46. The van der Waals surface area contributed by atoms with Gasteiger partial charge in [0, 0.05) is 11.8 Å². The Bertz CT molecular complexity index is 426. The number of methoxy groups -OCH3 is 1. The Morgan fingerprint density at radius 2 is 2.16 bits per heavy atom. The van der Waals surface area contributed by atoms with Gasteiger partial charge in [-0.2, -0.15) is 0 Å². The van der Waals surface area contributed by atoms with Crippen LogP contribution in [-0.2, 0) is 14.3 Å². The van der Waals surface area contributed by atoms with Gasteiger partial charge in [-0.3, -0.25) is 0 Å². The molecule has 5 nitrogen and oxygen atoms in total. The Balaban J connectivity index is 0.00000324. The molecule has 0 radical (unpaired) electrons. The zero-order valence-corrected chi connectivity index (χ0v) is 13.4. The van der Waals surface area contributed by atoms with Crippen LogP contribution in [0.3, 0.4) is 0 Å². The summed E-state index contributed by atoms with van der Waals surface area (Å²) in [6.07, 6.45) is 8.20. The molecule has 0 aliphatic heterocycles. The number of nitrogens with one attached hydrogen (secondary N) is 1. The second-order valence-corrected chi connectivity index (χ2v) is 3.94. The first-order valence-corrected chi connectivity index (χ1v) is 5.62. The molecule has 0 heterocycles. The maximum absolute atomic E-state index is 11.1. The zero-order valence-electron chi connectivity index (χ0n) is 11.4. The Hall–Kier alpha value is -1.04. The standard InChI is InChI=1S/C13H17NO4.Na/c1-9(8-11(15)18-2)14-12(13(16)17)10-6-4-3-5-7-10;/h3-4,7-8,12,14H,5-6H2,1-2H3,(H,16,17);/q;+1/p-1/b9-8+;. The summed E-state index contributed by atoms with van der Waals surface area (Å²) in [5, 5.41) is 13.9. The molecule has 1 aliphatic rings. The summed E-state index contributed by atoms with van der Waals surface area (Å²) in [5.74, 6) is -1.75. The number of allylic oxidation sites excluding steroid dienone is 4. The number of hydrogen-bond donors (Lipinski definition) is 1. The number of carboxylic acids is 1. The van der Waals surface area contributed by atoms with Crippen LogP contribution >= 0.6 is 0 Å². The number of carbonyl (C=O) groups is 2. The van der Waals surface area contributed by atoms with Crippen LogP contribution in [0.1, 0.15) is 19.8 Å². The maximum Gasteiger partial charge on any atom is 1.00 e. The quantitative estimate of drug-likeness (QED) is 0.251. The second-order valence-electron chi connectivity index (χ2n) is 3.94. The van der Waals surface area contributed by atoms with Crippen molar-refractivity contribution in [1.29, 1.82) is 0 Å². The van der Waals surface area contributed by atoms with Gasteiger partial charge in [-0.1, -0.05) is 18.2 Å². The van der Waals surface area contributed by atoms with E-state index >= 15 is 0 Å². The molecule has 1 atom stereocenters. The molecule has 1 unspecified atom stereocenters. The molecule has 0 bridgehead atoms. The molecule has 0 aromatic heterocycles. The van der Waals surface area contributed by atoms with Gasteiger partial charge < -0.3 is 20.0 Å². The minimum absolute atomic E-state index is 0. The van der Waals surface area contributed by atoms with E-state index in [1.807, 2.05) is 18.2 Å². The largest absolute Gasteiger partial charge is 1.00 e. The van der Waals surface area contributed by atoms with E-state index < -0.39 is 18.0 Å². The maximum atomic E-state index is 11.1. The fourth-order valence-electron chi connectivity index (χ4n) is 1.66. The Labute approximate surface area is 134 Å². The average Bonchev–Trinajstić information content (AvgIpc) is 2.36. The first kappa shape index (κ1) is 18.0. The van der Waals surface area contributed by atoms with E-state index in [-0.39, 0.29) is 29.6 Å². The average molecular weight is 273 g/mol. The van der Waals surface area contributed by atoms with Crippen LogP contribution in [0.2, 0.25) is 0 Å². The van der Waals surface area contributed by atoms with Crippen molar-refractivity contribution < 1.29 is 49.0 Å². The van der Waals surface area contributed by atoms with Gasteiger partial charge in [-0.05, 0) is 25.3 Å². The minimum atomic E-state index is -1.21. The predicted molar refractivity (Wildman–Crippen MR) is 64.2 cm³/mol. The van der Waals surface area contributed by atoms with Gasteiger partial charge in [-0.15, -0.1) is 0 Å². The third-order valence-corrected chi connectivity index (χ3v) is 2.55.